The van der Waals surface area contributed by atoms with Crippen LogP contribution < -0.4 is 16.2 Å². The zero-order valence-corrected chi connectivity index (χ0v) is 12.0. The highest BCUT2D eigenvalue weighted by Crippen LogP contribution is 2.20. The Kier molecular flexibility index (Phi) is 3.62. The number of nitrogens with one attached hydrogen (secondary N) is 1. The van der Waals surface area contributed by atoms with Crippen LogP contribution in [0.5, 0.6) is 0 Å². The van der Waals surface area contributed by atoms with Gasteiger partial charge in [-0.05, 0) is 20.5 Å². The highest BCUT2D eigenvalue weighted by Gasteiger charge is 2.26. The van der Waals surface area contributed by atoms with E-state index in [-0.39, 0.29) is 0 Å². The van der Waals surface area contributed by atoms with Crippen LogP contribution in [0.1, 0.15) is 6.42 Å². The molecule has 10 nitrogen and oxygen atoms in total. The summed E-state index contributed by atoms with van der Waals surface area (Å²) < 4.78 is 1.48. The number of hydrazine groups is 1. The fourth-order valence-electron chi connectivity index (χ4n) is 2.32. The minimum Gasteiger partial charge on any atom is -0.339 e. The van der Waals surface area contributed by atoms with E-state index in [4.69, 9.17) is 5.84 Å². The number of hydrogen-bond acceptors (Lipinski definition) is 9. The first-order chi connectivity index (χ1) is 10.2. The standard InChI is InChI=1S/C11H18N10/c1-19(2)8-3-4-20(5-8)10-15-9(18-12)16-11(17-10)21-7-13-6-14-21/h6-8H,3-5,12H2,1-2H3,(H,15,16,17,18). The summed E-state index contributed by atoms with van der Waals surface area (Å²) in [6, 6.07) is 0.492. The van der Waals surface area contributed by atoms with E-state index in [1.54, 1.807) is 0 Å². The molecule has 0 spiro atoms. The molecule has 3 heterocycles. The fourth-order valence-corrected chi connectivity index (χ4v) is 2.32. The van der Waals surface area contributed by atoms with E-state index >= 15 is 0 Å². The molecule has 1 saturated heterocycles. The SMILES string of the molecule is CN(C)C1CCN(c2nc(NN)nc(-n3cncn3)n2)C1. The molecule has 10 heteroatoms. The van der Waals surface area contributed by atoms with Gasteiger partial charge in [-0.2, -0.15) is 24.7 Å². The van der Waals surface area contributed by atoms with Crippen molar-refractivity contribution in [1.29, 1.82) is 0 Å². The number of nitrogen functional groups attached to an aromatic ring is 1. The summed E-state index contributed by atoms with van der Waals surface area (Å²) in [7, 11) is 4.16. The molecule has 3 rings (SSSR count). The van der Waals surface area contributed by atoms with Crippen molar-refractivity contribution in [1.82, 2.24) is 34.6 Å². The third kappa shape index (κ3) is 2.76. The van der Waals surface area contributed by atoms with Gasteiger partial charge in [0.2, 0.25) is 11.9 Å². The Bertz CT molecular complexity index is 595. The lowest BCUT2D eigenvalue weighted by Crippen LogP contribution is -2.32. The second-order valence-electron chi connectivity index (χ2n) is 5.10. The van der Waals surface area contributed by atoms with Crippen molar-refractivity contribution in [2.75, 3.05) is 37.5 Å². The molecule has 1 fully saturated rings. The van der Waals surface area contributed by atoms with E-state index in [0.717, 1.165) is 19.5 Å². The Hall–Kier alpha value is -2.33. The summed E-state index contributed by atoms with van der Waals surface area (Å²) in [6.45, 7) is 1.77. The van der Waals surface area contributed by atoms with Crippen LogP contribution in [0, 0.1) is 0 Å². The Morgan fingerprint density at radius 3 is 2.71 bits per heavy atom. The average molecular weight is 290 g/mol. The van der Waals surface area contributed by atoms with Gasteiger partial charge < -0.3 is 9.80 Å². The first-order valence-electron chi connectivity index (χ1n) is 6.66. The van der Waals surface area contributed by atoms with Crippen molar-refractivity contribution in [2.24, 2.45) is 5.84 Å². The number of nitrogens with zero attached hydrogens (tertiary/aromatic N) is 8. The van der Waals surface area contributed by atoms with Crippen LogP contribution in [0.3, 0.4) is 0 Å². The van der Waals surface area contributed by atoms with Crippen molar-refractivity contribution in [3.8, 4) is 5.95 Å². The third-order valence-electron chi connectivity index (χ3n) is 3.54. The smallest absolute Gasteiger partial charge is 0.258 e. The van der Waals surface area contributed by atoms with Crippen molar-refractivity contribution >= 4 is 11.9 Å². The Morgan fingerprint density at radius 2 is 2.10 bits per heavy atom. The molecule has 2 aromatic heterocycles. The van der Waals surface area contributed by atoms with Gasteiger partial charge in [-0.15, -0.1) is 0 Å². The molecule has 0 saturated carbocycles. The molecule has 0 bridgehead atoms. The minimum absolute atomic E-state index is 0.304. The van der Waals surface area contributed by atoms with Crippen LogP contribution in [-0.2, 0) is 0 Å². The molecule has 0 radical (unpaired) electrons. The topological polar surface area (TPSA) is 114 Å². The fraction of sp³-hybridized carbons (Fsp3) is 0.545. The number of likely N-dealkylation sites (N-methyl/N-ethyl adjacent to an activating group) is 1. The molecule has 21 heavy (non-hydrogen) atoms. The van der Waals surface area contributed by atoms with Crippen LogP contribution in [0.4, 0.5) is 11.9 Å². The maximum atomic E-state index is 5.44. The van der Waals surface area contributed by atoms with E-state index in [1.807, 2.05) is 0 Å². The van der Waals surface area contributed by atoms with Gasteiger partial charge in [0.1, 0.15) is 12.7 Å². The molecule has 112 valence electrons. The quantitative estimate of drug-likeness (QED) is 0.533. The molecule has 1 atom stereocenters. The zero-order chi connectivity index (χ0) is 14.8. The van der Waals surface area contributed by atoms with Crippen LogP contribution in [0.25, 0.3) is 5.95 Å². The molecule has 1 aliphatic rings. The van der Waals surface area contributed by atoms with Crippen molar-refractivity contribution in [3.63, 3.8) is 0 Å². The van der Waals surface area contributed by atoms with Gasteiger partial charge in [0.25, 0.3) is 5.95 Å². The van der Waals surface area contributed by atoms with Crippen LogP contribution in [0.15, 0.2) is 12.7 Å². The Labute approximate surface area is 122 Å². The third-order valence-corrected chi connectivity index (χ3v) is 3.54. The monoisotopic (exact) mass is 290 g/mol. The van der Waals surface area contributed by atoms with E-state index in [2.05, 4.69) is 54.4 Å². The van der Waals surface area contributed by atoms with Crippen LogP contribution >= 0.6 is 0 Å². The van der Waals surface area contributed by atoms with Gasteiger partial charge in [0.15, 0.2) is 0 Å². The second-order valence-corrected chi connectivity index (χ2v) is 5.10. The normalized spacial score (nSPS) is 18.5. The maximum Gasteiger partial charge on any atom is 0.258 e. The summed E-state index contributed by atoms with van der Waals surface area (Å²) in [5.74, 6) is 6.72. The van der Waals surface area contributed by atoms with Gasteiger partial charge in [-0.3, -0.25) is 5.43 Å². The maximum absolute atomic E-state index is 5.44. The lowest BCUT2D eigenvalue weighted by Gasteiger charge is -2.20. The summed E-state index contributed by atoms with van der Waals surface area (Å²) in [5.41, 5.74) is 2.47. The zero-order valence-electron chi connectivity index (χ0n) is 12.0. The van der Waals surface area contributed by atoms with Gasteiger partial charge in [-0.25, -0.2) is 10.8 Å². The average Bonchev–Trinajstić information content (AvgIpc) is 3.18. The van der Waals surface area contributed by atoms with Gasteiger partial charge in [0.05, 0.1) is 0 Å². The van der Waals surface area contributed by atoms with Crippen molar-refractivity contribution in [3.05, 3.63) is 12.7 Å². The predicted molar refractivity (Wildman–Crippen MR) is 76.9 cm³/mol. The van der Waals surface area contributed by atoms with E-state index < -0.39 is 0 Å². The molecule has 0 amide bonds. The van der Waals surface area contributed by atoms with Crippen LogP contribution in [-0.4, -0.2) is 67.8 Å². The molecule has 3 N–H and O–H groups in total. The molecule has 0 aliphatic carbocycles. The molecule has 2 aromatic rings. The first-order valence-corrected chi connectivity index (χ1v) is 6.66. The van der Waals surface area contributed by atoms with E-state index in [9.17, 15) is 0 Å². The van der Waals surface area contributed by atoms with Gasteiger partial charge >= 0.3 is 0 Å². The van der Waals surface area contributed by atoms with E-state index in [1.165, 1.54) is 17.3 Å². The first kappa shape index (κ1) is 13.6. The summed E-state index contributed by atoms with van der Waals surface area (Å²) in [4.78, 5) is 21.2. The highest BCUT2D eigenvalue weighted by atomic mass is 15.4. The number of aromatic nitrogens is 6. The molecule has 1 aliphatic heterocycles. The van der Waals surface area contributed by atoms with Gasteiger partial charge in [-0.1, -0.05) is 0 Å². The largest absolute Gasteiger partial charge is 0.339 e. The molecule has 0 aromatic carbocycles. The lowest BCUT2D eigenvalue weighted by atomic mass is 10.2. The number of nitrogens with two attached hydrogens (primary N) is 1. The number of anilines is 2. The second kappa shape index (κ2) is 5.58. The number of rotatable bonds is 4. The lowest BCUT2D eigenvalue weighted by molar-refractivity contribution is 0.315. The minimum atomic E-state index is 0.304. The van der Waals surface area contributed by atoms with Crippen molar-refractivity contribution < 1.29 is 0 Å². The molecular weight excluding hydrogens is 272 g/mol. The number of hydrogen-bond donors (Lipinski definition) is 2. The van der Waals surface area contributed by atoms with Gasteiger partial charge in [0, 0.05) is 19.1 Å². The highest BCUT2D eigenvalue weighted by molar-refractivity contribution is 5.40. The molecule has 1 unspecified atom stereocenters. The Morgan fingerprint density at radius 1 is 1.29 bits per heavy atom. The van der Waals surface area contributed by atoms with Crippen LogP contribution in [0.2, 0.25) is 0 Å². The Balaban J connectivity index is 1.90. The van der Waals surface area contributed by atoms with Crippen molar-refractivity contribution in [2.45, 2.75) is 12.5 Å². The molecular formula is C11H18N10. The summed E-state index contributed by atoms with van der Waals surface area (Å²) >= 11 is 0. The predicted octanol–water partition coefficient (Wildman–Crippen LogP) is -1.12. The summed E-state index contributed by atoms with van der Waals surface area (Å²) in [5, 5.41) is 4.03. The summed E-state index contributed by atoms with van der Waals surface area (Å²) in [6.07, 6.45) is 4.03. The van der Waals surface area contributed by atoms with E-state index in [0.29, 0.717) is 23.9 Å².